The van der Waals surface area contributed by atoms with Crippen LogP contribution < -0.4 is 0 Å². The quantitative estimate of drug-likeness (QED) is 0.511. The van der Waals surface area contributed by atoms with Gasteiger partial charge >= 0.3 is 11.9 Å². The predicted molar refractivity (Wildman–Crippen MR) is 48.1 cm³/mol. The Kier molecular flexibility index (Phi) is 12.2. The maximum Gasteiger partial charge on any atom is 0.333 e. The molecule has 0 radical (unpaired) electrons. The Hall–Kier alpha value is -0.240. The second kappa shape index (κ2) is 7.86. The van der Waals surface area contributed by atoms with Crippen molar-refractivity contribution in [1.29, 1.82) is 0 Å². The number of carboxylic acid groups (broad SMARTS) is 2. The lowest BCUT2D eigenvalue weighted by Gasteiger charge is -1.97. The molecule has 0 heterocycles. The van der Waals surface area contributed by atoms with E-state index >= 15 is 0 Å². The Bertz CT molecular complexity index is 136. The highest BCUT2D eigenvalue weighted by atomic mass is 31.0. The fourth-order valence-corrected chi connectivity index (χ4v) is 0.253. The summed E-state index contributed by atoms with van der Waals surface area (Å²) in [5.41, 5.74) is 0. The van der Waals surface area contributed by atoms with Crippen LogP contribution in [0, 0.1) is 0 Å². The van der Waals surface area contributed by atoms with Crippen LogP contribution in [-0.4, -0.2) is 33.4 Å². The van der Waals surface area contributed by atoms with E-state index in [-0.39, 0.29) is 19.8 Å². The second-order valence-electron chi connectivity index (χ2n) is 1.45. The van der Waals surface area contributed by atoms with Crippen LogP contribution >= 0.6 is 19.8 Å². The summed E-state index contributed by atoms with van der Waals surface area (Å²) in [5, 5.41) is 24.1. The maximum atomic E-state index is 9.72. The van der Waals surface area contributed by atoms with Crippen LogP contribution in [0.4, 0.5) is 0 Å². The van der Waals surface area contributed by atoms with Crippen LogP contribution in [-0.2, 0) is 9.59 Å². The molecule has 0 aliphatic carbocycles. The third kappa shape index (κ3) is 9.76. The average molecular weight is 202 g/mol. The fourth-order valence-electron chi connectivity index (χ4n) is 0.253. The minimum atomic E-state index is -1.79. The maximum absolute atomic E-state index is 9.72. The van der Waals surface area contributed by atoms with Gasteiger partial charge < -0.3 is 15.3 Å². The fraction of sp³-hybridized carbons (Fsp3) is 0.500. The van der Waals surface area contributed by atoms with Crippen molar-refractivity contribution in [2.24, 2.45) is 0 Å². The van der Waals surface area contributed by atoms with Gasteiger partial charge in [-0.3, -0.25) is 4.79 Å². The summed E-state index contributed by atoms with van der Waals surface area (Å²) in [6.45, 7) is 0. The molecule has 3 N–H and O–H groups in total. The van der Waals surface area contributed by atoms with Crippen LogP contribution in [0.3, 0.4) is 0 Å². The molecule has 7 heteroatoms. The largest absolute Gasteiger partial charge is 0.481 e. The van der Waals surface area contributed by atoms with Crippen molar-refractivity contribution >= 4 is 31.7 Å². The summed E-state index contributed by atoms with van der Waals surface area (Å²) in [7, 11) is 0. The van der Waals surface area contributed by atoms with Crippen LogP contribution in [0.15, 0.2) is 0 Å². The van der Waals surface area contributed by atoms with Gasteiger partial charge in [0.2, 0.25) is 0 Å². The van der Waals surface area contributed by atoms with Gasteiger partial charge in [-0.2, -0.15) is 19.8 Å². The molecule has 0 aromatic rings. The molecule has 0 spiro atoms. The number of rotatable bonds is 3. The number of aliphatic hydroxyl groups is 1. The van der Waals surface area contributed by atoms with Crippen LogP contribution in [0.5, 0.6) is 0 Å². The lowest BCUT2D eigenvalue weighted by molar-refractivity contribution is -0.152. The standard InChI is InChI=1S/C4H6O5.2H3P/c5-2(4(8)9)1-3(6)7;;/h2,5H,1H2,(H,6,7)(H,8,9);2*1H3. The first-order valence-electron chi connectivity index (χ1n) is 2.16. The lowest BCUT2D eigenvalue weighted by Crippen LogP contribution is -2.22. The van der Waals surface area contributed by atoms with Gasteiger partial charge in [-0.1, -0.05) is 0 Å². The minimum Gasteiger partial charge on any atom is -0.481 e. The first kappa shape index (κ1) is 17.0. The smallest absolute Gasteiger partial charge is 0.333 e. The zero-order valence-electron chi connectivity index (χ0n) is 5.86. The first-order chi connectivity index (χ1) is 4.04. The van der Waals surface area contributed by atoms with Crippen molar-refractivity contribution in [2.45, 2.75) is 12.5 Å². The van der Waals surface area contributed by atoms with E-state index in [4.69, 9.17) is 15.3 Å². The van der Waals surface area contributed by atoms with Gasteiger partial charge in [0.1, 0.15) is 0 Å². The Labute approximate surface area is 70.0 Å². The Morgan fingerprint density at radius 2 is 1.55 bits per heavy atom. The summed E-state index contributed by atoms with van der Waals surface area (Å²) >= 11 is 0. The highest BCUT2D eigenvalue weighted by Crippen LogP contribution is 1.89. The van der Waals surface area contributed by atoms with Gasteiger partial charge in [-0.25, -0.2) is 4.79 Å². The highest BCUT2D eigenvalue weighted by molar-refractivity contribution is 6.92. The van der Waals surface area contributed by atoms with Crippen LogP contribution in [0.25, 0.3) is 0 Å². The summed E-state index contributed by atoms with van der Waals surface area (Å²) in [4.78, 5) is 19.4. The van der Waals surface area contributed by atoms with Crippen molar-refractivity contribution in [2.75, 3.05) is 0 Å². The summed E-state index contributed by atoms with van der Waals surface area (Å²) in [5.74, 6) is -2.85. The monoisotopic (exact) mass is 202 g/mol. The second-order valence-corrected chi connectivity index (χ2v) is 1.45. The minimum absolute atomic E-state index is 0. The number of carbonyl (C=O) groups is 2. The van der Waals surface area contributed by atoms with E-state index in [2.05, 4.69) is 0 Å². The van der Waals surface area contributed by atoms with E-state index in [9.17, 15) is 9.59 Å². The van der Waals surface area contributed by atoms with Crippen molar-refractivity contribution in [3.63, 3.8) is 0 Å². The molecule has 0 aliphatic rings. The molecule has 0 fully saturated rings. The van der Waals surface area contributed by atoms with Crippen molar-refractivity contribution in [3.8, 4) is 0 Å². The third-order valence-electron chi connectivity index (χ3n) is 0.653. The zero-order valence-corrected chi connectivity index (χ0v) is 8.69. The molecule has 0 rings (SSSR count). The number of hydrogen-bond donors (Lipinski definition) is 3. The molecule has 11 heavy (non-hydrogen) atoms. The highest BCUT2D eigenvalue weighted by Gasteiger charge is 2.16. The lowest BCUT2D eigenvalue weighted by atomic mass is 10.3. The van der Waals surface area contributed by atoms with E-state index in [0.29, 0.717) is 0 Å². The van der Waals surface area contributed by atoms with E-state index in [0.717, 1.165) is 0 Å². The van der Waals surface area contributed by atoms with Gasteiger partial charge in [0.25, 0.3) is 0 Å². The molecule has 0 aromatic heterocycles. The van der Waals surface area contributed by atoms with Gasteiger partial charge in [-0.15, -0.1) is 0 Å². The van der Waals surface area contributed by atoms with Crippen LogP contribution in [0.2, 0.25) is 0 Å². The van der Waals surface area contributed by atoms with Gasteiger partial charge in [0.05, 0.1) is 6.42 Å². The number of hydrogen-bond acceptors (Lipinski definition) is 3. The summed E-state index contributed by atoms with van der Waals surface area (Å²) in [6.07, 6.45) is -2.54. The molecule has 3 unspecified atom stereocenters. The Morgan fingerprint density at radius 3 is 1.64 bits per heavy atom. The number of carboxylic acids is 2. The van der Waals surface area contributed by atoms with Crippen LogP contribution in [0.1, 0.15) is 6.42 Å². The molecular formula is C4H12O5P2. The van der Waals surface area contributed by atoms with E-state index < -0.39 is 24.5 Å². The predicted octanol–water partition coefficient (Wildman–Crippen LogP) is -0.977. The van der Waals surface area contributed by atoms with Crippen molar-refractivity contribution < 1.29 is 24.9 Å². The normalized spacial score (nSPS) is 10.3. The Morgan fingerprint density at radius 1 is 1.18 bits per heavy atom. The first-order valence-corrected chi connectivity index (χ1v) is 2.16. The molecule has 0 amide bonds. The average Bonchev–Trinajstić information content (AvgIpc) is 1.63. The topological polar surface area (TPSA) is 94.8 Å². The molecular weight excluding hydrogens is 190 g/mol. The summed E-state index contributed by atoms with van der Waals surface area (Å²) < 4.78 is 0. The van der Waals surface area contributed by atoms with E-state index in [1.54, 1.807) is 0 Å². The van der Waals surface area contributed by atoms with E-state index in [1.807, 2.05) is 0 Å². The molecule has 3 atom stereocenters. The molecule has 5 nitrogen and oxygen atoms in total. The third-order valence-corrected chi connectivity index (χ3v) is 0.653. The number of aliphatic carboxylic acids is 2. The summed E-state index contributed by atoms with van der Waals surface area (Å²) in [6, 6.07) is 0. The SMILES string of the molecule is O=C(O)CC(O)C(=O)O.P.P. The van der Waals surface area contributed by atoms with Gasteiger partial charge in [0, 0.05) is 0 Å². The zero-order chi connectivity index (χ0) is 7.44. The van der Waals surface area contributed by atoms with Gasteiger partial charge in [-0.05, 0) is 0 Å². The molecule has 0 aliphatic heterocycles. The molecule has 68 valence electrons. The molecule has 0 saturated heterocycles. The van der Waals surface area contributed by atoms with E-state index in [1.165, 1.54) is 0 Å². The van der Waals surface area contributed by atoms with Crippen molar-refractivity contribution in [1.82, 2.24) is 0 Å². The number of aliphatic hydroxyl groups excluding tert-OH is 1. The van der Waals surface area contributed by atoms with Crippen molar-refractivity contribution in [3.05, 3.63) is 0 Å². The molecule has 0 aromatic carbocycles. The molecule has 0 saturated carbocycles. The van der Waals surface area contributed by atoms with Gasteiger partial charge in [0.15, 0.2) is 6.10 Å². The Balaban J connectivity index is -0.000000320. The molecule has 0 bridgehead atoms.